The average Bonchev–Trinajstić information content (AvgIpc) is 2.86. The molecule has 2 aromatic rings. The Morgan fingerprint density at radius 3 is 2.54 bits per heavy atom. The summed E-state index contributed by atoms with van der Waals surface area (Å²) in [6.45, 7) is -0.570. The second kappa shape index (κ2) is 6.45. The Kier molecular flexibility index (Phi) is 4.16. The molecule has 128 valence electrons. The third-order valence-electron chi connectivity index (χ3n) is 3.79. The molecule has 0 spiro atoms. The monoisotopic (exact) mass is 350 g/mol. The SMILES string of the molecule is N#Cc1ccccc1NC(=O)CN1C(=O)c2ccc([N+](=O)[O-])cc2C1=O. The fraction of sp³-hybridized carbons (Fsp3) is 0.0588. The standard InChI is InChI=1S/C17H10N4O5/c18-8-10-3-1-2-4-14(10)19-15(22)9-20-16(23)12-6-5-11(21(25)26)7-13(12)17(20)24/h1-7H,9H2,(H,19,22). The maximum absolute atomic E-state index is 12.3. The molecule has 1 N–H and O–H groups in total. The van der Waals surface area contributed by atoms with Crippen molar-refractivity contribution in [1.82, 2.24) is 4.90 Å². The molecular weight excluding hydrogens is 340 g/mol. The number of carbonyl (C=O) groups excluding carboxylic acids is 3. The lowest BCUT2D eigenvalue weighted by Crippen LogP contribution is -2.37. The van der Waals surface area contributed by atoms with Gasteiger partial charge in [-0.2, -0.15) is 5.26 Å². The van der Waals surface area contributed by atoms with Crippen molar-refractivity contribution < 1.29 is 19.3 Å². The van der Waals surface area contributed by atoms with E-state index < -0.39 is 29.2 Å². The number of amides is 3. The van der Waals surface area contributed by atoms with E-state index in [9.17, 15) is 24.5 Å². The number of nitrogens with zero attached hydrogens (tertiary/aromatic N) is 3. The maximum Gasteiger partial charge on any atom is 0.270 e. The van der Waals surface area contributed by atoms with Crippen LogP contribution in [0.2, 0.25) is 0 Å². The minimum absolute atomic E-state index is 0.00539. The van der Waals surface area contributed by atoms with Gasteiger partial charge < -0.3 is 5.32 Å². The van der Waals surface area contributed by atoms with E-state index in [0.717, 1.165) is 12.1 Å². The van der Waals surface area contributed by atoms with Gasteiger partial charge in [0.25, 0.3) is 17.5 Å². The summed E-state index contributed by atoms with van der Waals surface area (Å²) in [5.74, 6) is -2.15. The van der Waals surface area contributed by atoms with Gasteiger partial charge in [0.2, 0.25) is 5.91 Å². The van der Waals surface area contributed by atoms with Gasteiger partial charge in [-0.05, 0) is 18.2 Å². The third kappa shape index (κ3) is 2.87. The minimum Gasteiger partial charge on any atom is -0.323 e. The second-order valence-electron chi connectivity index (χ2n) is 5.39. The van der Waals surface area contributed by atoms with Crippen LogP contribution in [0.1, 0.15) is 26.3 Å². The first-order valence-electron chi connectivity index (χ1n) is 7.36. The van der Waals surface area contributed by atoms with Gasteiger partial charge in [-0.15, -0.1) is 0 Å². The van der Waals surface area contributed by atoms with E-state index in [-0.39, 0.29) is 28.1 Å². The van der Waals surface area contributed by atoms with E-state index >= 15 is 0 Å². The highest BCUT2D eigenvalue weighted by Gasteiger charge is 2.37. The van der Waals surface area contributed by atoms with Gasteiger partial charge in [0, 0.05) is 12.1 Å². The Bertz CT molecular complexity index is 1010. The molecule has 0 atom stereocenters. The van der Waals surface area contributed by atoms with E-state index in [1.165, 1.54) is 18.2 Å². The maximum atomic E-state index is 12.3. The van der Waals surface area contributed by atoms with Gasteiger partial charge >= 0.3 is 0 Å². The molecule has 0 fully saturated rings. The number of nitro groups is 1. The Hall–Kier alpha value is -4.06. The van der Waals surface area contributed by atoms with Crippen molar-refractivity contribution in [2.45, 2.75) is 0 Å². The van der Waals surface area contributed by atoms with Crippen LogP contribution in [-0.4, -0.2) is 34.1 Å². The van der Waals surface area contributed by atoms with Crippen LogP contribution in [0.4, 0.5) is 11.4 Å². The quantitative estimate of drug-likeness (QED) is 0.507. The highest BCUT2D eigenvalue weighted by molar-refractivity contribution is 6.23. The predicted octanol–water partition coefficient (Wildman–Crippen LogP) is 1.70. The molecule has 3 amide bonds. The Morgan fingerprint density at radius 2 is 1.85 bits per heavy atom. The summed E-state index contributed by atoms with van der Waals surface area (Å²) in [6, 6.07) is 11.5. The van der Waals surface area contributed by atoms with Gasteiger partial charge in [0.1, 0.15) is 12.6 Å². The van der Waals surface area contributed by atoms with Crippen LogP contribution in [-0.2, 0) is 4.79 Å². The van der Waals surface area contributed by atoms with Crippen LogP contribution in [0.15, 0.2) is 42.5 Å². The number of carbonyl (C=O) groups is 3. The zero-order valence-corrected chi connectivity index (χ0v) is 13.1. The number of non-ortho nitro benzene ring substituents is 1. The number of nitrogens with one attached hydrogen (secondary N) is 1. The molecule has 1 heterocycles. The molecule has 0 saturated carbocycles. The Morgan fingerprint density at radius 1 is 1.15 bits per heavy atom. The van der Waals surface area contributed by atoms with Crippen molar-refractivity contribution in [2.75, 3.05) is 11.9 Å². The number of imide groups is 1. The van der Waals surface area contributed by atoms with Crippen LogP contribution in [0.3, 0.4) is 0 Å². The summed E-state index contributed by atoms with van der Waals surface area (Å²) in [5.41, 5.74) is 0.0606. The summed E-state index contributed by atoms with van der Waals surface area (Å²) in [6.07, 6.45) is 0. The molecule has 0 bridgehead atoms. The summed E-state index contributed by atoms with van der Waals surface area (Å²) < 4.78 is 0. The summed E-state index contributed by atoms with van der Waals surface area (Å²) in [4.78, 5) is 47.7. The average molecular weight is 350 g/mol. The first kappa shape index (κ1) is 16.8. The largest absolute Gasteiger partial charge is 0.323 e. The first-order valence-corrected chi connectivity index (χ1v) is 7.36. The Balaban J connectivity index is 1.79. The number of nitro benzene ring substituents is 1. The lowest BCUT2D eigenvalue weighted by atomic mass is 10.1. The van der Waals surface area contributed by atoms with Gasteiger partial charge in [0.15, 0.2) is 0 Å². The molecule has 0 aliphatic carbocycles. The topological polar surface area (TPSA) is 133 Å². The zero-order chi connectivity index (χ0) is 18.8. The van der Waals surface area contributed by atoms with Crippen molar-refractivity contribution in [3.05, 3.63) is 69.3 Å². The van der Waals surface area contributed by atoms with E-state index in [0.29, 0.717) is 4.90 Å². The molecule has 0 radical (unpaired) electrons. The number of nitriles is 1. The fourth-order valence-corrected chi connectivity index (χ4v) is 2.56. The summed E-state index contributed by atoms with van der Waals surface area (Å²) in [7, 11) is 0. The second-order valence-corrected chi connectivity index (χ2v) is 5.39. The normalized spacial score (nSPS) is 12.5. The molecule has 0 unspecified atom stereocenters. The molecular formula is C17H10N4O5. The van der Waals surface area contributed by atoms with Crippen molar-refractivity contribution in [1.29, 1.82) is 5.26 Å². The first-order chi connectivity index (χ1) is 12.4. The van der Waals surface area contributed by atoms with Crippen molar-refractivity contribution in [3.63, 3.8) is 0 Å². The number of para-hydroxylation sites is 1. The van der Waals surface area contributed by atoms with Gasteiger partial charge in [-0.3, -0.25) is 29.4 Å². The highest BCUT2D eigenvalue weighted by Crippen LogP contribution is 2.26. The molecule has 3 rings (SSSR count). The third-order valence-corrected chi connectivity index (χ3v) is 3.79. The number of hydrogen-bond donors (Lipinski definition) is 1. The number of fused-ring (bicyclic) bond motifs is 1. The number of hydrogen-bond acceptors (Lipinski definition) is 6. The predicted molar refractivity (Wildman–Crippen MR) is 88.3 cm³/mol. The van der Waals surface area contributed by atoms with Gasteiger partial charge in [-0.1, -0.05) is 12.1 Å². The van der Waals surface area contributed by atoms with Gasteiger partial charge in [0.05, 0.1) is 27.3 Å². The van der Waals surface area contributed by atoms with Crippen LogP contribution in [0, 0.1) is 21.4 Å². The lowest BCUT2D eigenvalue weighted by Gasteiger charge is -2.14. The molecule has 0 aromatic heterocycles. The molecule has 2 aromatic carbocycles. The summed E-state index contributed by atoms with van der Waals surface area (Å²) >= 11 is 0. The zero-order valence-electron chi connectivity index (χ0n) is 13.1. The molecule has 9 heteroatoms. The number of rotatable bonds is 4. The van der Waals surface area contributed by atoms with Crippen LogP contribution < -0.4 is 5.32 Å². The smallest absolute Gasteiger partial charge is 0.270 e. The summed E-state index contributed by atoms with van der Waals surface area (Å²) in [5, 5.41) is 22.3. The number of benzene rings is 2. The minimum atomic E-state index is -0.780. The van der Waals surface area contributed by atoms with Gasteiger partial charge in [-0.25, -0.2) is 0 Å². The number of anilines is 1. The van der Waals surface area contributed by atoms with E-state index in [4.69, 9.17) is 5.26 Å². The van der Waals surface area contributed by atoms with Crippen LogP contribution in [0.25, 0.3) is 0 Å². The molecule has 26 heavy (non-hydrogen) atoms. The molecule has 9 nitrogen and oxygen atoms in total. The molecule has 1 aliphatic heterocycles. The van der Waals surface area contributed by atoms with E-state index in [1.54, 1.807) is 12.1 Å². The fourth-order valence-electron chi connectivity index (χ4n) is 2.56. The molecule has 0 saturated heterocycles. The van der Waals surface area contributed by atoms with Crippen molar-refractivity contribution >= 4 is 29.1 Å². The Labute approximate surface area is 146 Å². The van der Waals surface area contributed by atoms with E-state index in [2.05, 4.69) is 5.32 Å². The van der Waals surface area contributed by atoms with Crippen molar-refractivity contribution in [2.24, 2.45) is 0 Å². The lowest BCUT2D eigenvalue weighted by molar-refractivity contribution is -0.384. The molecule has 1 aliphatic rings. The van der Waals surface area contributed by atoms with Crippen LogP contribution in [0.5, 0.6) is 0 Å². The van der Waals surface area contributed by atoms with Crippen LogP contribution >= 0.6 is 0 Å². The van der Waals surface area contributed by atoms with E-state index in [1.807, 2.05) is 6.07 Å². The van der Waals surface area contributed by atoms with Crippen molar-refractivity contribution in [3.8, 4) is 6.07 Å². The highest BCUT2D eigenvalue weighted by atomic mass is 16.6.